The van der Waals surface area contributed by atoms with Crippen LogP contribution in [-0.4, -0.2) is 18.1 Å². The molecule has 0 aliphatic carbocycles. The number of nitrogens with one attached hydrogen (secondary N) is 1. The molecule has 0 atom stereocenters. The number of carbonyl (C=O) groups excluding carboxylic acids is 1. The van der Waals surface area contributed by atoms with E-state index in [9.17, 15) is 9.18 Å². The fourth-order valence-corrected chi connectivity index (χ4v) is 2.64. The third-order valence-electron chi connectivity index (χ3n) is 2.13. The van der Waals surface area contributed by atoms with E-state index in [-0.39, 0.29) is 10.0 Å². The maximum atomic E-state index is 13.3. The van der Waals surface area contributed by atoms with Crippen LogP contribution in [0.1, 0.15) is 9.67 Å². The molecule has 4 nitrogen and oxygen atoms in total. The van der Waals surface area contributed by atoms with Gasteiger partial charge in [0.2, 0.25) is 0 Å². The van der Waals surface area contributed by atoms with E-state index in [4.69, 9.17) is 11.6 Å². The molecular formula is C11H7BrClFN2O2S. The first kappa shape index (κ1) is 14.2. The molecule has 1 aromatic heterocycles. The molecule has 0 spiro atoms. The number of anilines is 2. The highest BCUT2D eigenvalue weighted by molar-refractivity contribution is 9.10. The lowest BCUT2D eigenvalue weighted by Crippen LogP contribution is -1.98. The molecule has 8 heteroatoms. The van der Waals surface area contributed by atoms with E-state index >= 15 is 0 Å². The summed E-state index contributed by atoms with van der Waals surface area (Å²) in [5.41, 5.74) is 0.502. The molecule has 0 radical (unpaired) electrons. The SMILES string of the molecule is COC(=O)c1sc(Nc2ccc(Br)c(F)c2)nc1Cl. The lowest BCUT2D eigenvalue weighted by molar-refractivity contribution is 0.0606. The topological polar surface area (TPSA) is 51.2 Å². The second-order valence-corrected chi connectivity index (χ2v) is 5.60. The average molecular weight is 366 g/mol. The zero-order valence-corrected chi connectivity index (χ0v) is 12.7. The van der Waals surface area contributed by atoms with Crippen LogP contribution in [0.25, 0.3) is 0 Å². The van der Waals surface area contributed by atoms with Crippen LogP contribution in [0, 0.1) is 5.82 Å². The van der Waals surface area contributed by atoms with Gasteiger partial charge >= 0.3 is 5.97 Å². The smallest absolute Gasteiger partial charge is 0.351 e. The molecule has 0 amide bonds. The molecule has 19 heavy (non-hydrogen) atoms. The number of halogens is 3. The Morgan fingerprint density at radius 1 is 1.58 bits per heavy atom. The molecule has 0 unspecified atom stereocenters. The maximum absolute atomic E-state index is 13.3. The van der Waals surface area contributed by atoms with E-state index in [0.29, 0.717) is 15.3 Å². The Kier molecular flexibility index (Phi) is 4.38. The molecule has 1 aromatic carbocycles. The standard InChI is InChI=1S/C11H7BrClFN2O2S/c1-18-10(17)8-9(13)16-11(19-8)15-5-2-3-6(12)7(14)4-5/h2-4H,1H3,(H,15,16). The Bertz CT molecular complexity index is 635. The average Bonchev–Trinajstić information content (AvgIpc) is 2.74. The van der Waals surface area contributed by atoms with Crippen molar-refractivity contribution >= 4 is 55.7 Å². The molecule has 0 fully saturated rings. The van der Waals surface area contributed by atoms with E-state index in [1.165, 1.54) is 13.2 Å². The third-order valence-corrected chi connectivity index (χ3v) is 4.11. The van der Waals surface area contributed by atoms with Gasteiger partial charge in [-0.3, -0.25) is 0 Å². The molecule has 0 aliphatic heterocycles. The highest BCUT2D eigenvalue weighted by atomic mass is 79.9. The number of esters is 1. The monoisotopic (exact) mass is 364 g/mol. The predicted molar refractivity (Wildman–Crippen MR) is 75.8 cm³/mol. The molecular weight excluding hydrogens is 359 g/mol. The van der Waals surface area contributed by atoms with E-state index in [2.05, 4.69) is 31.0 Å². The van der Waals surface area contributed by atoms with Crippen LogP contribution < -0.4 is 5.32 Å². The lowest BCUT2D eigenvalue weighted by atomic mass is 10.3. The first-order valence-corrected chi connectivity index (χ1v) is 6.96. The quantitative estimate of drug-likeness (QED) is 0.827. The minimum atomic E-state index is -0.558. The molecule has 2 aromatic rings. The normalized spacial score (nSPS) is 10.3. The summed E-state index contributed by atoms with van der Waals surface area (Å²) < 4.78 is 18.3. The van der Waals surface area contributed by atoms with Gasteiger partial charge in [-0.25, -0.2) is 14.2 Å². The van der Waals surface area contributed by atoms with Gasteiger partial charge in [-0.15, -0.1) is 0 Å². The van der Waals surface area contributed by atoms with Gasteiger partial charge in [-0.2, -0.15) is 0 Å². The first-order valence-electron chi connectivity index (χ1n) is 4.98. The molecule has 2 rings (SSSR count). The number of carbonyl (C=O) groups is 1. The van der Waals surface area contributed by atoms with Gasteiger partial charge in [-0.1, -0.05) is 22.9 Å². The van der Waals surface area contributed by atoms with Crippen LogP contribution in [-0.2, 0) is 4.74 Å². The summed E-state index contributed by atoms with van der Waals surface area (Å²) in [5, 5.41) is 3.30. The first-order chi connectivity index (χ1) is 9.01. The van der Waals surface area contributed by atoms with E-state index in [1.54, 1.807) is 12.1 Å². The Balaban J connectivity index is 2.24. The summed E-state index contributed by atoms with van der Waals surface area (Å²) in [7, 11) is 1.26. The zero-order valence-electron chi connectivity index (χ0n) is 9.54. The fraction of sp³-hybridized carbons (Fsp3) is 0.0909. The number of aromatic nitrogens is 1. The molecule has 0 saturated heterocycles. The molecule has 1 heterocycles. The number of ether oxygens (including phenoxy) is 1. The van der Waals surface area contributed by atoms with E-state index in [0.717, 1.165) is 11.3 Å². The van der Waals surface area contributed by atoms with Crippen molar-refractivity contribution in [3.05, 3.63) is 38.5 Å². The Morgan fingerprint density at radius 3 is 2.95 bits per heavy atom. The van der Waals surface area contributed by atoms with E-state index in [1.807, 2.05) is 0 Å². The predicted octanol–water partition coefficient (Wildman–Crippen LogP) is 4.23. The van der Waals surface area contributed by atoms with Crippen LogP contribution in [0.3, 0.4) is 0 Å². The number of methoxy groups -OCH3 is 1. The highest BCUT2D eigenvalue weighted by Crippen LogP contribution is 2.30. The molecule has 0 bridgehead atoms. The van der Waals surface area contributed by atoms with Crippen LogP contribution in [0.5, 0.6) is 0 Å². The van der Waals surface area contributed by atoms with Crippen LogP contribution in [0.4, 0.5) is 15.2 Å². The van der Waals surface area contributed by atoms with Gasteiger partial charge in [0.05, 0.1) is 11.6 Å². The van der Waals surface area contributed by atoms with Gasteiger partial charge in [0.1, 0.15) is 5.82 Å². The summed E-state index contributed by atoms with van der Waals surface area (Å²) in [4.78, 5) is 15.5. The van der Waals surface area contributed by atoms with Gasteiger partial charge in [0, 0.05) is 5.69 Å². The van der Waals surface area contributed by atoms with Gasteiger partial charge in [-0.05, 0) is 34.1 Å². The molecule has 0 aliphatic rings. The van der Waals surface area contributed by atoms with Crippen molar-refractivity contribution in [3.63, 3.8) is 0 Å². The largest absolute Gasteiger partial charge is 0.465 e. The summed E-state index contributed by atoms with van der Waals surface area (Å²) >= 11 is 9.91. The fourth-order valence-electron chi connectivity index (χ4n) is 1.27. The number of nitrogens with zero attached hydrogens (tertiary/aromatic N) is 1. The lowest BCUT2D eigenvalue weighted by Gasteiger charge is -2.02. The van der Waals surface area contributed by atoms with E-state index < -0.39 is 11.8 Å². The molecule has 100 valence electrons. The number of hydrogen-bond donors (Lipinski definition) is 1. The summed E-state index contributed by atoms with van der Waals surface area (Å²) in [5.74, 6) is -0.960. The zero-order chi connectivity index (χ0) is 14.0. The van der Waals surface area contributed by atoms with Crippen molar-refractivity contribution in [2.75, 3.05) is 12.4 Å². The summed E-state index contributed by atoms with van der Waals surface area (Å²) in [6.07, 6.45) is 0. The number of rotatable bonds is 3. The van der Waals surface area contributed by atoms with Crippen molar-refractivity contribution in [2.45, 2.75) is 0 Å². The number of benzene rings is 1. The van der Waals surface area contributed by atoms with Crippen molar-refractivity contribution < 1.29 is 13.9 Å². The van der Waals surface area contributed by atoms with Crippen LogP contribution >= 0.6 is 38.9 Å². The van der Waals surface area contributed by atoms with Crippen LogP contribution in [0.15, 0.2) is 22.7 Å². The van der Waals surface area contributed by atoms with Crippen LogP contribution in [0.2, 0.25) is 5.15 Å². The second kappa shape index (κ2) is 5.85. The Morgan fingerprint density at radius 2 is 2.32 bits per heavy atom. The number of thiazole rings is 1. The van der Waals surface area contributed by atoms with Crippen molar-refractivity contribution in [1.82, 2.24) is 4.98 Å². The number of hydrogen-bond acceptors (Lipinski definition) is 5. The Labute approximate surface area is 125 Å². The summed E-state index contributed by atoms with van der Waals surface area (Å²) in [6, 6.07) is 4.53. The highest BCUT2D eigenvalue weighted by Gasteiger charge is 2.17. The van der Waals surface area contributed by atoms with Crippen molar-refractivity contribution in [1.29, 1.82) is 0 Å². The molecule has 1 N–H and O–H groups in total. The summed E-state index contributed by atoms with van der Waals surface area (Å²) in [6.45, 7) is 0. The van der Waals surface area contributed by atoms with Crippen molar-refractivity contribution in [2.24, 2.45) is 0 Å². The van der Waals surface area contributed by atoms with Gasteiger partial charge < -0.3 is 10.1 Å². The van der Waals surface area contributed by atoms with Crippen molar-refractivity contribution in [3.8, 4) is 0 Å². The molecule has 0 saturated carbocycles. The minimum Gasteiger partial charge on any atom is -0.465 e. The van der Waals surface area contributed by atoms with Gasteiger partial charge in [0.25, 0.3) is 0 Å². The third kappa shape index (κ3) is 3.23. The second-order valence-electron chi connectivity index (χ2n) is 3.38. The minimum absolute atomic E-state index is 0.0527. The maximum Gasteiger partial charge on any atom is 0.351 e. The van der Waals surface area contributed by atoms with Gasteiger partial charge in [0.15, 0.2) is 15.2 Å². The Hall–Kier alpha value is -1.18.